The first-order chi connectivity index (χ1) is 11.6. The molecule has 0 atom stereocenters. The highest BCUT2D eigenvalue weighted by Gasteiger charge is 2.29. The highest BCUT2D eigenvalue weighted by atomic mass is 32.1. The normalized spacial score (nSPS) is 17.5. The predicted octanol–water partition coefficient (Wildman–Crippen LogP) is 0.966. The molecule has 0 amide bonds. The zero-order chi connectivity index (χ0) is 17.4. The molecule has 2 N–H and O–H groups in total. The third-order valence-corrected chi connectivity index (χ3v) is 4.03. The molecule has 0 aromatic carbocycles. The summed E-state index contributed by atoms with van der Waals surface area (Å²) in [7, 11) is 0. The van der Waals surface area contributed by atoms with Gasteiger partial charge >= 0.3 is 11.9 Å². The van der Waals surface area contributed by atoms with Crippen molar-refractivity contribution in [2.75, 3.05) is 52.9 Å². The minimum atomic E-state index is -1.28. The monoisotopic (exact) mass is 362 g/mol. The number of carbonyl (C=O) groups is 2. The van der Waals surface area contributed by atoms with E-state index in [4.69, 9.17) is 23.7 Å². The van der Waals surface area contributed by atoms with Gasteiger partial charge in [0.15, 0.2) is 21.3 Å². The number of thiophene rings is 1. The summed E-state index contributed by atoms with van der Waals surface area (Å²) in [4.78, 5) is 22.2. The average Bonchev–Trinajstić information content (AvgIpc) is 2.89. The molecular formula is C14H18O9S. The minimum absolute atomic E-state index is 0.0585. The van der Waals surface area contributed by atoms with Crippen LogP contribution >= 0.6 is 11.3 Å². The zero-order valence-corrected chi connectivity index (χ0v) is 13.6. The molecule has 0 bridgehead atoms. The van der Waals surface area contributed by atoms with Crippen LogP contribution < -0.4 is 9.47 Å². The fourth-order valence-corrected chi connectivity index (χ4v) is 2.76. The van der Waals surface area contributed by atoms with Crippen molar-refractivity contribution in [3.05, 3.63) is 9.75 Å². The van der Waals surface area contributed by atoms with Gasteiger partial charge in [0, 0.05) is 0 Å². The van der Waals surface area contributed by atoms with Crippen molar-refractivity contribution >= 4 is 23.3 Å². The molecule has 0 aliphatic carbocycles. The van der Waals surface area contributed by atoms with Gasteiger partial charge in [-0.1, -0.05) is 0 Å². The van der Waals surface area contributed by atoms with Crippen LogP contribution in [0.1, 0.15) is 19.3 Å². The van der Waals surface area contributed by atoms with Gasteiger partial charge in [0.2, 0.25) is 0 Å². The van der Waals surface area contributed by atoms with Gasteiger partial charge in [-0.05, 0) is 0 Å². The Labute approximate surface area is 141 Å². The summed E-state index contributed by atoms with van der Waals surface area (Å²) in [5.41, 5.74) is 0. The lowest BCUT2D eigenvalue weighted by atomic mass is 10.3. The van der Waals surface area contributed by atoms with E-state index in [1.807, 2.05) is 0 Å². The molecule has 0 unspecified atom stereocenters. The van der Waals surface area contributed by atoms with Gasteiger partial charge in [-0.25, -0.2) is 9.59 Å². The Morgan fingerprint density at radius 3 is 1.33 bits per heavy atom. The first-order valence-corrected chi connectivity index (χ1v) is 8.05. The van der Waals surface area contributed by atoms with Crippen molar-refractivity contribution < 1.29 is 43.5 Å². The number of rotatable bonds is 2. The molecule has 1 aromatic rings. The third kappa shape index (κ3) is 5.06. The molecule has 1 aromatic heterocycles. The number of hydrogen-bond donors (Lipinski definition) is 2. The van der Waals surface area contributed by atoms with Crippen LogP contribution in [0.3, 0.4) is 0 Å². The van der Waals surface area contributed by atoms with Crippen molar-refractivity contribution in [3.8, 4) is 11.5 Å². The fourth-order valence-electron chi connectivity index (χ4n) is 1.89. The smallest absolute Gasteiger partial charge is 0.349 e. The lowest BCUT2D eigenvalue weighted by molar-refractivity contribution is 0.00702. The standard InChI is InChI=1S/C14H18O9S/c15-13(16)11-9-10(12(24-11)14(17)18)23-8-6-21-4-2-19-1-3-20-5-7-22-9/h1-8H2,(H,15,16)(H,17,18). The van der Waals surface area contributed by atoms with E-state index in [2.05, 4.69) is 0 Å². The Hall–Kier alpha value is -1.88. The van der Waals surface area contributed by atoms with Gasteiger partial charge in [0.05, 0.1) is 39.6 Å². The average molecular weight is 362 g/mol. The Morgan fingerprint density at radius 1 is 0.667 bits per heavy atom. The van der Waals surface area contributed by atoms with Crippen LogP contribution in [-0.4, -0.2) is 75.0 Å². The number of hydrogen-bond acceptors (Lipinski definition) is 8. The molecule has 24 heavy (non-hydrogen) atoms. The maximum atomic E-state index is 11.3. The summed E-state index contributed by atoms with van der Waals surface area (Å²) in [5.74, 6) is -2.76. The maximum absolute atomic E-state index is 11.3. The summed E-state index contributed by atoms with van der Waals surface area (Å²) in [6, 6.07) is 0. The summed E-state index contributed by atoms with van der Waals surface area (Å²) < 4.78 is 26.7. The quantitative estimate of drug-likeness (QED) is 0.792. The fraction of sp³-hybridized carbons (Fsp3) is 0.571. The number of aromatic carboxylic acids is 2. The summed E-state index contributed by atoms with van der Waals surface area (Å²) in [6.07, 6.45) is 0. The first-order valence-electron chi connectivity index (χ1n) is 7.23. The van der Waals surface area contributed by atoms with Gasteiger partial charge < -0.3 is 33.9 Å². The van der Waals surface area contributed by atoms with E-state index in [1.54, 1.807) is 0 Å². The van der Waals surface area contributed by atoms with Crippen molar-refractivity contribution in [1.82, 2.24) is 0 Å². The van der Waals surface area contributed by atoms with Crippen molar-refractivity contribution in [2.45, 2.75) is 0 Å². The summed E-state index contributed by atoms with van der Waals surface area (Å²) in [5, 5.41) is 18.5. The van der Waals surface area contributed by atoms with Crippen LogP contribution in [0.25, 0.3) is 0 Å². The molecule has 0 saturated carbocycles. The van der Waals surface area contributed by atoms with Crippen LogP contribution in [0.4, 0.5) is 0 Å². The van der Waals surface area contributed by atoms with E-state index in [-0.39, 0.29) is 47.7 Å². The second kappa shape index (κ2) is 9.42. The molecule has 0 radical (unpaired) electrons. The third-order valence-electron chi connectivity index (χ3n) is 2.90. The van der Waals surface area contributed by atoms with Gasteiger partial charge in [-0.15, -0.1) is 11.3 Å². The molecular weight excluding hydrogens is 344 g/mol. The van der Waals surface area contributed by atoms with E-state index in [0.29, 0.717) is 37.8 Å². The lowest BCUT2D eigenvalue weighted by Gasteiger charge is -2.11. The van der Waals surface area contributed by atoms with Crippen molar-refractivity contribution in [1.29, 1.82) is 0 Å². The van der Waals surface area contributed by atoms with Crippen LogP contribution in [0.5, 0.6) is 11.5 Å². The van der Waals surface area contributed by atoms with Gasteiger partial charge in [-0.3, -0.25) is 0 Å². The molecule has 134 valence electrons. The van der Waals surface area contributed by atoms with Crippen molar-refractivity contribution in [3.63, 3.8) is 0 Å². The predicted molar refractivity (Wildman–Crippen MR) is 81.7 cm³/mol. The minimum Gasteiger partial charge on any atom is -0.486 e. The first kappa shape index (κ1) is 18.5. The largest absolute Gasteiger partial charge is 0.486 e. The Kier molecular flexibility index (Phi) is 7.25. The molecule has 0 fully saturated rings. The molecule has 2 rings (SSSR count). The van der Waals surface area contributed by atoms with Gasteiger partial charge in [0.25, 0.3) is 0 Å². The Morgan fingerprint density at radius 2 is 1.00 bits per heavy atom. The molecule has 1 aliphatic heterocycles. The maximum Gasteiger partial charge on any atom is 0.349 e. The van der Waals surface area contributed by atoms with Gasteiger partial charge in [0.1, 0.15) is 13.2 Å². The summed E-state index contributed by atoms with van der Waals surface area (Å²) in [6.45, 7) is 2.07. The second-order valence-corrected chi connectivity index (χ2v) is 5.58. The van der Waals surface area contributed by atoms with Crippen molar-refractivity contribution in [2.24, 2.45) is 0 Å². The van der Waals surface area contributed by atoms with E-state index in [0.717, 1.165) is 0 Å². The number of carboxylic acid groups (broad SMARTS) is 2. The molecule has 0 spiro atoms. The zero-order valence-electron chi connectivity index (χ0n) is 12.8. The highest BCUT2D eigenvalue weighted by molar-refractivity contribution is 7.16. The second-order valence-electron chi connectivity index (χ2n) is 4.56. The van der Waals surface area contributed by atoms with Crippen LogP contribution in [-0.2, 0) is 14.2 Å². The summed E-state index contributed by atoms with van der Waals surface area (Å²) >= 11 is 0.595. The lowest BCUT2D eigenvalue weighted by Crippen LogP contribution is -2.13. The Balaban J connectivity index is 2.21. The number of carboxylic acids is 2. The number of ether oxygens (including phenoxy) is 5. The van der Waals surface area contributed by atoms with E-state index in [1.165, 1.54) is 0 Å². The molecule has 2 heterocycles. The molecule has 1 aliphatic rings. The molecule has 9 nitrogen and oxygen atoms in total. The molecule has 0 saturated heterocycles. The van der Waals surface area contributed by atoms with E-state index >= 15 is 0 Å². The van der Waals surface area contributed by atoms with Gasteiger partial charge in [-0.2, -0.15) is 0 Å². The SMILES string of the molecule is O=C(O)c1sc(C(=O)O)c2c1OCCOCCOCCOCCO2. The van der Waals surface area contributed by atoms with E-state index < -0.39 is 11.9 Å². The van der Waals surface area contributed by atoms with Crippen LogP contribution in [0.2, 0.25) is 0 Å². The number of fused-ring (bicyclic) bond motifs is 1. The van der Waals surface area contributed by atoms with Crippen LogP contribution in [0, 0.1) is 0 Å². The molecule has 10 heteroatoms. The highest BCUT2D eigenvalue weighted by Crippen LogP contribution is 2.42. The van der Waals surface area contributed by atoms with E-state index in [9.17, 15) is 19.8 Å². The Bertz CT molecular complexity index is 522. The topological polar surface area (TPSA) is 121 Å². The van der Waals surface area contributed by atoms with Crippen LogP contribution in [0.15, 0.2) is 0 Å².